The van der Waals surface area contributed by atoms with Crippen LogP contribution in [0.2, 0.25) is 0 Å². The fourth-order valence-corrected chi connectivity index (χ4v) is 4.02. The topological polar surface area (TPSA) is 42.4 Å². The summed E-state index contributed by atoms with van der Waals surface area (Å²) in [4.78, 5) is 19.8. The van der Waals surface area contributed by atoms with Crippen molar-refractivity contribution in [2.24, 2.45) is 0 Å². The Morgan fingerprint density at radius 1 is 1.09 bits per heavy atom. The Kier molecular flexibility index (Phi) is 6.33. The standard InChI is InChI=1S/C26H26F2N2O2/c1-26(2,19-8-5-9-20(27)16-19)25(31)30-13-14-32-24(17-30)23-12-6-10-21(29-23)15-18-7-3-4-11-22(18)28/h3-12,16,24H,13-15,17H2,1-2H3/t24-/m1/s1. The minimum absolute atomic E-state index is 0.0843. The molecule has 6 heteroatoms. The Morgan fingerprint density at radius 3 is 2.66 bits per heavy atom. The zero-order valence-corrected chi connectivity index (χ0v) is 18.2. The molecule has 32 heavy (non-hydrogen) atoms. The quantitative estimate of drug-likeness (QED) is 0.576. The minimum Gasteiger partial charge on any atom is -0.368 e. The van der Waals surface area contributed by atoms with Gasteiger partial charge in [0.15, 0.2) is 0 Å². The molecule has 1 fully saturated rings. The lowest BCUT2D eigenvalue weighted by Crippen LogP contribution is -2.49. The van der Waals surface area contributed by atoms with Gasteiger partial charge in [-0.15, -0.1) is 0 Å². The smallest absolute Gasteiger partial charge is 0.232 e. The summed E-state index contributed by atoms with van der Waals surface area (Å²) in [6.07, 6.45) is -0.000706. The lowest BCUT2D eigenvalue weighted by molar-refractivity contribution is -0.144. The summed E-state index contributed by atoms with van der Waals surface area (Å²) in [5.41, 5.74) is 1.79. The summed E-state index contributed by atoms with van der Waals surface area (Å²) in [5, 5.41) is 0. The molecule has 0 spiro atoms. The second-order valence-corrected chi connectivity index (χ2v) is 8.57. The van der Waals surface area contributed by atoms with Gasteiger partial charge in [0.2, 0.25) is 5.91 Å². The number of rotatable bonds is 5. The van der Waals surface area contributed by atoms with E-state index in [9.17, 15) is 13.6 Å². The molecule has 0 unspecified atom stereocenters. The van der Waals surface area contributed by atoms with Crippen LogP contribution in [0.5, 0.6) is 0 Å². The van der Waals surface area contributed by atoms with Crippen LogP contribution < -0.4 is 0 Å². The maximum absolute atomic E-state index is 14.0. The van der Waals surface area contributed by atoms with Crippen molar-refractivity contribution >= 4 is 5.91 Å². The third-order valence-electron chi connectivity index (χ3n) is 5.92. The molecule has 1 amide bonds. The first kappa shape index (κ1) is 22.1. The monoisotopic (exact) mass is 436 g/mol. The average molecular weight is 437 g/mol. The predicted molar refractivity (Wildman–Crippen MR) is 118 cm³/mol. The van der Waals surface area contributed by atoms with Crippen LogP contribution in [0.15, 0.2) is 66.7 Å². The van der Waals surface area contributed by atoms with Gasteiger partial charge in [-0.05, 0) is 55.3 Å². The molecule has 1 aliphatic heterocycles. The highest BCUT2D eigenvalue weighted by atomic mass is 19.1. The third-order valence-corrected chi connectivity index (χ3v) is 5.92. The van der Waals surface area contributed by atoms with E-state index < -0.39 is 5.41 Å². The second-order valence-electron chi connectivity index (χ2n) is 8.57. The number of carbonyl (C=O) groups excluding carboxylic acids is 1. The normalized spacial score (nSPS) is 16.8. The van der Waals surface area contributed by atoms with Crippen LogP contribution in [0.1, 0.15) is 42.5 Å². The number of amides is 1. The van der Waals surface area contributed by atoms with Crippen molar-refractivity contribution in [1.82, 2.24) is 9.88 Å². The Morgan fingerprint density at radius 2 is 1.88 bits per heavy atom. The molecule has 1 aliphatic rings. The number of hydrogen-bond acceptors (Lipinski definition) is 3. The molecule has 0 N–H and O–H groups in total. The van der Waals surface area contributed by atoms with E-state index in [-0.39, 0.29) is 23.6 Å². The highest BCUT2D eigenvalue weighted by molar-refractivity contribution is 5.87. The molecule has 1 atom stereocenters. The molecular weight excluding hydrogens is 410 g/mol. The van der Waals surface area contributed by atoms with E-state index in [4.69, 9.17) is 4.74 Å². The number of nitrogens with zero attached hydrogens (tertiary/aromatic N) is 2. The molecule has 4 nitrogen and oxygen atoms in total. The fourth-order valence-electron chi connectivity index (χ4n) is 4.02. The van der Waals surface area contributed by atoms with Gasteiger partial charge in [0.25, 0.3) is 0 Å². The van der Waals surface area contributed by atoms with Gasteiger partial charge >= 0.3 is 0 Å². The van der Waals surface area contributed by atoms with Gasteiger partial charge in [0, 0.05) is 18.7 Å². The van der Waals surface area contributed by atoms with Crippen molar-refractivity contribution < 1.29 is 18.3 Å². The van der Waals surface area contributed by atoms with Crippen LogP contribution >= 0.6 is 0 Å². The zero-order chi connectivity index (χ0) is 22.7. The van der Waals surface area contributed by atoms with Crippen LogP contribution in [0.4, 0.5) is 8.78 Å². The number of benzene rings is 2. The SMILES string of the molecule is CC(C)(C(=O)N1CCO[C@@H](c2cccc(Cc3ccccc3F)n2)C1)c1cccc(F)c1. The predicted octanol–water partition coefficient (Wildman–Crippen LogP) is 4.83. The largest absolute Gasteiger partial charge is 0.368 e. The molecule has 1 saturated heterocycles. The summed E-state index contributed by atoms with van der Waals surface area (Å²) in [6.45, 7) is 4.81. The molecule has 4 rings (SSSR count). The first-order valence-electron chi connectivity index (χ1n) is 10.7. The van der Waals surface area contributed by atoms with Crippen molar-refractivity contribution in [2.75, 3.05) is 19.7 Å². The van der Waals surface area contributed by atoms with Crippen LogP contribution in [-0.2, 0) is 21.4 Å². The number of pyridine rings is 1. The summed E-state index contributed by atoms with van der Waals surface area (Å²) >= 11 is 0. The van der Waals surface area contributed by atoms with Crippen LogP contribution in [0.3, 0.4) is 0 Å². The molecule has 0 aliphatic carbocycles. The lowest BCUT2D eigenvalue weighted by Gasteiger charge is -2.37. The first-order chi connectivity index (χ1) is 15.3. The number of aromatic nitrogens is 1. The van der Waals surface area contributed by atoms with Gasteiger partial charge in [-0.3, -0.25) is 9.78 Å². The van der Waals surface area contributed by atoms with E-state index in [2.05, 4.69) is 4.98 Å². The molecule has 3 aromatic rings. The number of ether oxygens (including phenoxy) is 1. The Hall–Kier alpha value is -3.12. The molecule has 0 bridgehead atoms. The van der Waals surface area contributed by atoms with Crippen molar-refractivity contribution in [1.29, 1.82) is 0 Å². The van der Waals surface area contributed by atoms with Crippen LogP contribution in [-0.4, -0.2) is 35.5 Å². The zero-order valence-electron chi connectivity index (χ0n) is 18.2. The van der Waals surface area contributed by atoms with Crippen molar-refractivity contribution in [3.05, 3.63) is 101 Å². The van der Waals surface area contributed by atoms with Crippen LogP contribution in [0, 0.1) is 11.6 Å². The average Bonchev–Trinajstić information content (AvgIpc) is 2.80. The molecule has 0 radical (unpaired) electrons. The number of carbonyl (C=O) groups is 1. The van der Waals surface area contributed by atoms with Crippen molar-refractivity contribution in [3.8, 4) is 0 Å². The van der Waals surface area contributed by atoms with Gasteiger partial charge in [-0.25, -0.2) is 8.78 Å². The van der Waals surface area contributed by atoms with Gasteiger partial charge < -0.3 is 9.64 Å². The lowest BCUT2D eigenvalue weighted by atomic mass is 9.83. The summed E-state index contributed by atoms with van der Waals surface area (Å²) < 4.78 is 33.7. The first-order valence-corrected chi connectivity index (χ1v) is 10.7. The van der Waals surface area contributed by atoms with Gasteiger partial charge in [0.1, 0.15) is 17.7 Å². The van der Waals surface area contributed by atoms with Crippen LogP contribution in [0.25, 0.3) is 0 Å². The van der Waals surface area contributed by atoms with E-state index in [1.54, 1.807) is 35.2 Å². The molecule has 2 heterocycles. The summed E-state index contributed by atoms with van der Waals surface area (Å²) in [5.74, 6) is -0.706. The Bertz CT molecular complexity index is 1120. The highest BCUT2D eigenvalue weighted by Crippen LogP contribution is 2.29. The number of morpholine rings is 1. The maximum atomic E-state index is 14.0. The van der Waals surface area contributed by atoms with E-state index >= 15 is 0 Å². The van der Waals surface area contributed by atoms with Gasteiger partial charge in [-0.1, -0.05) is 36.4 Å². The maximum Gasteiger partial charge on any atom is 0.232 e. The van der Waals surface area contributed by atoms with Crippen molar-refractivity contribution in [2.45, 2.75) is 31.8 Å². The van der Waals surface area contributed by atoms with E-state index in [0.717, 1.165) is 5.69 Å². The van der Waals surface area contributed by atoms with E-state index in [1.165, 1.54) is 18.2 Å². The number of halogens is 2. The third kappa shape index (κ3) is 4.70. The molecular formula is C26H26F2N2O2. The molecule has 0 saturated carbocycles. The number of hydrogen-bond donors (Lipinski definition) is 0. The molecule has 166 valence electrons. The van der Waals surface area contributed by atoms with Crippen molar-refractivity contribution in [3.63, 3.8) is 0 Å². The summed E-state index contributed by atoms with van der Waals surface area (Å²) in [7, 11) is 0. The van der Waals surface area contributed by atoms with Gasteiger partial charge in [0.05, 0.1) is 24.3 Å². The van der Waals surface area contributed by atoms with E-state index in [1.807, 2.05) is 32.0 Å². The Labute approximate surface area is 186 Å². The second kappa shape index (κ2) is 9.17. The molecule has 2 aromatic carbocycles. The van der Waals surface area contributed by atoms with E-state index in [0.29, 0.717) is 42.9 Å². The van der Waals surface area contributed by atoms with Gasteiger partial charge in [-0.2, -0.15) is 0 Å². The molecule has 1 aromatic heterocycles. The summed E-state index contributed by atoms with van der Waals surface area (Å²) in [6, 6.07) is 18.4. The minimum atomic E-state index is -0.871. The highest BCUT2D eigenvalue weighted by Gasteiger charge is 2.37. The Balaban J connectivity index is 1.50. The fraction of sp³-hybridized carbons (Fsp3) is 0.308.